The molecule has 1 aromatic carbocycles. The number of hydrogen-bond acceptors (Lipinski definition) is 4. The van der Waals surface area contributed by atoms with Gasteiger partial charge in [0.25, 0.3) is 6.41 Å². The lowest BCUT2D eigenvalue weighted by atomic mass is 10.1. The molecule has 0 saturated carbocycles. The first-order chi connectivity index (χ1) is 6.59. The molecule has 0 radical (unpaired) electrons. The summed E-state index contributed by atoms with van der Waals surface area (Å²) in [5, 5.41) is 9.78. The van der Waals surface area contributed by atoms with Crippen molar-refractivity contribution in [3.63, 3.8) is 0 Å². The zero-order valence-corrected chi connectivity index (χ0v) is 8.15. The van der Waals surface area contributed by atoms with Crippen LogP contribution in [-0.2, 0) is 4.74 Å². The highest BCUT2D eigenvalue weighted by atomic mass is 35.5. The third kappa shape index (κ3) is 1.32. The minimum Gasteiger partial charge on any atom is -0.413 e. The number of fused-ring (bicyclic) bond motifs is 1. The van der Waals surface area contributed by atoms with E-state index in [0.29, 0.717) is 16.3 Å². The lowest BCUT2D eigenvalue weighted by Gasteiger charge is -2.31. The molecule has 0 fully saturated rings. The number of carbonyl (C=O) groups is 1. The van der Waals surface area contributed by atoms with E-state index in [4.69, 9.17) is 11.6 Å². The van der Waals surface area contributed by atoms with Crippen molar-refractivity contribution in [1.29, 1.82) is 0 Å². The molecule has 1 aliphatic heterocycles. The predicted molar refractivity (Wildman–Crippen MR) is 51.3 cm³/mol. The summed E-state index contributed by atoms with van der Waals surface area (Å²) in [7, 11) is 1.63. The normalized spacial score (nSPS) is 20.4. The first kappa shape index (κ1) is 9.30. The summed E-state index contributed by atoms with van der Waals surface area (Å²) >= 11 is 5.74. The lowest BCUT2D eigenvalue weighted by Crippen LogP contribution is -2.40. The topological polar surface area (TPSA) is 49.8 Å². The smallest absolute Gasteiger partial charge is 0.343 e. The molecule has 0 bridgehead atoms. The molecule has 1 aliphatic rings. The lowest BCUT2D eigenvalue weighted by molar-refractivity contribution is -0.0669. The van der Waals surface area contributed by atoms with Crippen LogP contribution >= 0.6 is 11.6 Å². The number of aliphatic hydroxyl groups excluding tert-OH is 1. The van der Waals surface area contributed by atoms with Crippen LogP contribution in [0.15, 0.2) is 18.2 Å². The Bertz CT molecular complexity index is 394. The van der Waals surface area contributed by atoms with Crippen molar-refractivity contribution in [1.82, 2.24) is 0 Å². The zero-order chi connectivity index (χ0) is 10.3. The van der Waals surface area contributed by atoms with Crippen LogP contribution in [0.1, 0.15) is 10.4 Å². The molecule has 74 valence electrons. The third-order valence-corrected chi connectivity index (χ3v) is 2.34. The maximum absolute atomic E-state index is 11.3. The number of benzene rings is 1. The Morgan fingerprint density at radius 2 is 2.29 bits per heavy atom. The number of esters is 1. The molecule has 0 saturated heterocycles. The van der Waals surface area contributed by atoms with Crippen LogP contribution in [0.5, 0.6) is 0 Å². The fourth-order valence-electron chi connectivity index (χ4n) is 1.34. The molecule has 1 heterocycles. The molecular formula is C9H8ClNO3. The van der Waals surface area contributed by atoms with E-state index in [1.165, 1.54) is 11.0 Å². The maximum Gasteiger partial charge on any atom is 0.343 e. The summed E-state index contributed by atoms with van der Waals surface area (Å²) in [6.07, 6.45) is -1.23. The SMILES string of the molecule is CN1c2ccc(Cl)cc2C(=O)OC1O. The molecule has 0 aliphatic carbocycles. The minimum absolute atomic E-state index is 0.366. The van der Waals surface area contributed by atoms with Gasteiger partial charge in [-0.05, 0) is 18.2 Å². The molecule has 1 N–H and O–H groups in total. The van der Waals surface area contributed by atoms with Crippen LogP contribution in [0.25, 0.3) is 0 Å². The summed E-state index contributed by atoms with van der Waals surface area (Å²) in [6, 6.07) is 4.84. The number of halogens is 1. The van der Waals surface area contributed by atoms with Gasteiger partial charge in [-0.25, -0.2) is 4.79 Å². The highest BCUT2D eigenvalue weighted by Gasteiger charge is 2.28. The van der Waals surface area contributed by atoms with Gasteiger partial charge < -0.3 is 14.7 Å². The van der Waals surface area contributed by atoms with E-state index in [-0.39, 0.29) is 0 Å². The molecule has 0 spiro atoms. The van der Waals surface area contributed by atoms with Gasteiger partial charge in [-0.2, -0.15) is 0 Å². The number of cyclic esters (lactones) is 1. The molecule has 1 unspecified atom stereocenters. The van der Waals surface area contributed by atoms with Crippen LogP contribution < -0.4 is 4.90 Å². The second-order valence-corrected chi connectivity index (χ2v) is 3.44. The molecule has 1 atom stereocenters. The highest BCUT2D eigenvalue weighted by Crippen LogP contribution is 2.29. The van der Waals surface area contributed by atoms with Crippen LogP contribution in [0.4, 0.5) is 5.69 Å². The Labute approximate surface area is 85.7 Å². The van der Waals surface area contributed by atoms with Crippen molar-refractivity contribution in [3.8, 4) is 0 Å². The van der Waals surface area contributed by atoms with Crippen LogP contribution in [0.3, 0.4) is 0 Å². The fourth-order valence-corrected chi connectivity index (χ4v) is 1.51. The standard InChI is InChI=1S/C9H8ClNO3/c1-11-7-3-2-5(10)4-6(7)8(12)14-9(11)13/h2-4,9,13H,1H3. The fraction of sp³-hybridized carbons (Fsp3) is 0.222. The van der Waals surface area contributed by atoms with Gasteiger partial charge in [0.15, 0.2) is 0 Å². The van der Waals surface area contributed by atoms with Crippen molar-refractivity contribution in [3.05, 3.63) is 28.8 Å². The number of carbonyl (C=O) groups excluding carboxylic acids is 1. The quantitative estimate of drug-likeness (QED) is 0.659. The molecule has 5 heteroatoms. The van der Waals surface area contributed by atoms with Crippen LogP contribution in [0, 0.1) is 0 Å². The van der Waals surface area contributed by atoms with E-state index in [1.54, 1.807) is 19.2 Å². The van der Waals surface area contributed by atoms with Gasteiger partial charge >= 0.3 is 5.97 Å². The Morgan fingerprint density at radius 3 is 3.00 bits per heavy atom. The average Bonchev–Trinajstić information content (AvgIpc) is 2.14. The van der Waals surface area contributed by atoms with E-state index in [9.17, 15) is 9.90 Å². The second-order valence-electron chi connectivity index (χ2n) is 3.00. The van der Waals surface area contributed by atoms with Crippen molar-refractivity contribution in [2.75, 3.05) is 11.9 Å². The number of aliphatic hydroxyl groups is 1. The Hall–Kier alpha value is -1.26. The molecule has 0 aromatic heterocycles. The van der Waals surface area contributed by atoms with E-state index in [0.717, 1.165) is 0 Å². The summed E-state index contributed by atoms with van der Waals surface area (Å²) in [4.78, 5) is 12.8. The van der Waals surface area contributed by atoms with Crippen molar-refractivity contribution in [2.24, 2.45) is 0 Å². The van der Waals surface area contributed by atoms with E-state index in [1.807, 2.05) is 0 Å². The second kappa shape index (κ2) is 3.15. The van der Waals surface area contributed by atoms with E-state index >= 15 is 0 Å². The molecular weight excluding hydrogens is 206 g/mol. The molecule has 0 amide bonds. The Kier molecular flexibility index (Phi) is 2.09. The number of hydrogen-bond donors (Lipinski definition) is 1. The number of nitrogens with zero attached hydrogens (tertiary/aromatic N) is 1. The largest absolute Gasteiger partial charge is 0.413 e. The summed E-state index contributed by atoms with van der Waals surface area (Å²) in [5.41, 5.74) is 0.975. The van der Waals surface area contributed by atoms with Crippen molar-refractivity contribution < 1.29 is 14.6 Å². The summed E-state index contributed by atoms with van der Waals surface area (Å²) in [6.45, 7) is 0. The monoisotopic (exact) mass is 213 g/mol. The first-order valence-corrected chi connectivity index (χ1v) is 4.39. The molecule has 4 nitrogen and oxygen atoms in total. The molecule has 14 heavy (non-hydrogen) atoms. The van der Waals surface area contributed by atoms with Crippen LogP contribution in [0.2, 0.25) is 5.02 Å². The number of rotatable bonds is 0. The maximum atomic E-state index is 11.3. The molecule has 1 aromatic rings. The third-order valence-electron chi connectivity index (χ3n) is 2.10. The van der Waals surface area contributed by atoms with Crippen molar-refractivity contribution in [2.45, 2.75) is 6.41 Å². The van der Waals surface area contributed by atoms with Gasteiger partial charge in [-0.3, -0.25) is 0 Å². The van der Waals surface area contributed by atoms with Crippen molar-refractivity contribution >= 4 is 23.3 Å². The van der Waals surface area contributed by atoms with Gasteiger partial charge in [0.1, 0.15) is 0 Å². The van der Waals surface area contributed by atoms with Gasteiger partial charge in [0, 0.05) is 12.1 Å². The zero-order valence-electron chi connectivity index (χ0n) is 7.40. The minimum atomic E-state index is -1.23. The van der Waals surface area contributed by atoms with E-state index < -0.39 is 12.4 Å². The van der Waals surface area contributed by atoms with Gasteiger partial charge in [0.05, 0.1) is 11.3 Å². The first-order valence-electron chi connectivity index (χ1n) is 4.01. The molecule has 2 rings (SSSR count). The Balaban J connectivity index is 2.56. The highest BCUT2D eigenvalue weighted by molar-refractivity contribution is 6.31. The van der Waals surface area contributed by atoms with Gasteiger partial charge in [0.2, 0.25) is 0 Å². The average molecular weight is 214 g/mol. The number of ether oxygens (including phenoxy) is 1. The van der Waals surface area contributed by atoms with Gasteiger partial charge in [-0.15, -0.1) is 0 Å². The van der Waals surface area contributed by atoms with Gasteiger partial charge in [-0.1, -0.05) is 11.6 Å². The summed E-state index contributed by atoms with van der Waals surface area (Å²) < 4.78 is 4.66. The number of anilines is 1. The van der Waals surface area contributed by atoms with E-state index in [2.05, 4.69) is 4.74 Å². The Morgan fingerprint density at radius 1 is 1.57 bits per heavy atom. The van der Waals surface area contributed by atoms with Crippen LogP contribution in [-0.4, -0.2) is 24.5 Å². The predicted octanol–water partition coefficient (Wildman–Crippen LogP) is 1.22. The summed E-state index contributed by atoms with van der Waals surface area (Å²) in [5.74, 6) is -0.562.